The van der Waals surface area contributed by atoms with Crippen LogP contribution in [0.3, 0.4) is 0 Å². The lowest BCUT2D eigenvalue weighted by Crippen LogP contribution is -2.52. The van der Waals surface area contributed by atoms with Crippen LogP contribution < -0.4 is 4.74 Å². The van der Waals surface area contributed by atoms with Crippen molar-refractivity contribution in [3.8, 4) is 5.88 Å². The van der Waals surface area contributed by atoms with E-state index >= 15 is 0 Å². The number of aliphatic hydroxyl groups is 1. The fourth-order valence-electron chi connectivity index (χ4n) is 5.01. The SMILES string of the molecule is COc1nc2ccc(C(O)(c3cnc(C)n3C)c3cnc(C)n3C)cc2c(Cl)c1CN1CC(C(F)(F)F)C1. The van der Waals surface area contributed by atoms with Crippen molar-refractivity contribution in [2.45, 2.75) is 32.2 Å². The van der Waals surface area contributed by atoms with Crippen LogP contribution >= 0.6 is 11.6 Å². The quantitative estimate of drug-likeness (QED) is 0.388. The molecule has 38 heavy (non-hydrogen) atoms. The molecule has 0 spiro atoms. The van der Waals surface area contributed by atoms with Crippen molar-refractivity contribution < 1.29 is 23.0 Å². The molecule has 0 aliphatic carbocycles. The lowest BCUT2D eigenvalue weighted by Gasteiger charge is -2.40. The number of fused-ring (bicyclic) bond motifs is 1. The van der Waals surface area contributed by atoms with Gasteiger partial charge in [-0.1, -0.05) is 17.7 Å². The van der Waals surface area contributed by atoms with Crippen LogP contribution in [-0.4, -0.2) is 60.5 Å². The zero-order valence-electron chi connectivity index (χ0n) is 21.6. The molecule has 1 aliphatic rings. The molecule has 202 valence electrons. The molecule has 1 aromatic carbocycles. The van der Waals surface area contributed by atoms with Crippen molar-refractivity contribution in [1.82, 2.24) is 29.0 Å². The first-order valence-electron chi connectivity index (χ1n) is 12.0. The van der Waals surface area contributed by atoms with Gasteiger partial charge in [-0.3, -0.25) is 4.90 Å². The van der Waals surface area contributed by atoms with Gasteiger partial charge in [-0.2, -0.15) is 13.2 Å². The predicted molar refractivity (Wildman–Crippen MR) is 136 cm³/mol. The number of alkyl halides is 3. The Kier molecular flexibility index (Phi) is 6.44. The molecule has 1 fully saturated rings. The minimum atomic E-state index is -4.22. The molecule has 0 amide bonds. The number of benzene rings is 1. The van der Waals surface area contributed by atoms with Gasteiger partial charge >= 0.3 is 6.18 Å². The summed E-state index contributed by atoms with van der Waals surface area (Å²) in [4.78, 5) is 15.0. The van der Waals surface area contributed by atoms with Gasteiger partial charge in [-0.25, -0.2) is 15.0 Å². The Morgan fingerprint density at radius 2 is 1.63 bits per heavy atom. The van der Waals surface area contributed by atoms with Crippen molar-refractivity contribution in [2.75, 3.05) is 20.2 Å². The number of halogens is 4. The van der Waals surface area contributed by atoms with Crippen molar-refractivity contribution in [1.29, 1.82) is 0 Å². The highest BCUT2D eigenvalue weighted by Gasteiger charge is 2.47. The normalized spacial score (nSPS) is 15.3. The van der Waals surface area contributed by atoms with E-state index in [0.717, 1.165) is 11.6 Å². The lowest BCUT2D eigenvalue weighted by molar-refractivity contribution is -0.210. The van der Waals surface area contributed by atoms with E-state index in [2.05, 4.69) is 15.0 Å². The van der Waals surface area contributed by atoms with Crippen LogP contribution in [0.2, 0.25) is 5.02 Å². The van der Waals surface area contributed by atoms with Gasteiger partial charge in [0.2, 0.25) is 5.88 Å². The summed E-state index contributed by atoms with van der Waals surface area (Å²) < 4.78 is 48.1. The molecule has 0 bridgehead atoms. The second-order valence-corrected chi connectivity index (χ2v) is 10.2. The number of aryl methyl sites for hydroxylation is 2. The Bertz CT molecular complexity index is 1480. The van der Waals surface area contributed by atoms with Crippen molar-refractivity contribution in [3.63, 3.8) is 0 Å². The van der Waals surface area contributed by atoms with Crippen LogP contribution in [0.4, 0.5) is 13.2 Å². The highest BCUT2D eigenvalue weighted by Crippen LogP contribution is 2.42. The summed E-state index contributed by atoms with van der Waals surface area (Å²) in [5, 5.41) is 13.3. The minimum Gasteiger partial charge on any atom is -0.481 e. The van der Waals surface area contributed by atoms with Gasteiger partial charge in [0.15, 0.2) is 5.60 Å². The van der Waals surface area contributed by atoms with Gasteiger partial charge in [-0.15, -0.1) is 0 Å². The number of aromatic nitrogens is 5. The van der Waals surface area contributed by atoms with Gasteiger partial charge in [0, 0.05) is 44.7 Å². The number of hydrogen-bond acceptors (Lipinski definition) is 6. The molecule has 1 saturated heterocycles. The Hall–Kier alpha value is -3.15. The molecule has 5 rings (SSSR count). The molecular formula is C26H28ClF3N6O2. The number of pyridine rings is 1. The number of imidazole rings is 2. The summed E-state index contributed by atoms with van der Waals surface area (Å²) in [5.74, 6) is 0.338. The number of nitrogens with zero attached hydrogens (tertiary/aromatic N) is 6. The maximum atomic E-state index is 13.0. The second kappa shape index (κ2) is 9.25. The standard InChI is InChI=1S/C26H28ClF3N6O2/c1-14-31-9-21(34(14)3)25(37,22-10-32-15(2)35(22)4)16-6-7-20-18(8-16)23(27)19(24(33-20)38-5)13-36-11-17(12-36)26(28,29)30/h6-10,17,37H,11-13H2,1-5H3. The summed E-state index contributed by atoms with van der Waals surface area (Å²) in [6, 6.07) is 5.26. The fourth-order valence-corrected chi connectivity index (χ4v) is 5.30. The number of methoxy groups -OCH3 is 1. The summed E-state index contributed by atoms with van der Waals surface area (Å²) >= 11 is 6.88. The minimum absolute atomic E-state index is 0.111. The van der Waals surface area contributed by atoms with E-state index in [1.165, 1.54) is 7.11 Å². The van der Waals surface area contributed by atoms with E-state index in [-0.39, 0.29) is 25.5 Å². The smallest absolute Gasteiger partial charge is 0.394 e. The molecule has 0 atom stereocenters. The molecule has 1 N–H and O–H groups in total. The van der Waals surface area contributed by atoms with Gasteiger partial charge < -0.3 is 19.0 Å². The Balaban J connectivity index is 1.64. The molecule has 4 heterocycles. The Morgan fingerprint density at radius 1 is 1.05 bits per heavy atom. The number of likely N-dealkylation sites (tertiary alicyclic amines) is 1. The number of hydrogen-bond donors (Lipinski definition) is 1. The van der Waals surface area contributed by atoms with E-state index in [4.69, 9.17) is 16.3 Å². The van der Waals surface area contributed by atoms with Gasteiger partial charge in [0.05, 0.1) is 47.3 Å². The third-order valence-corrected chi connectivity index (χ3v) is 8.01. The Labute approximate surface area is 222 Å². The van der Waals surface area contributed by atoms with E-state index < -0.39 is 17.7 Å². The zero-order chi connectivity index (χ0) is 27.6. The molecule has 4 aromatic rings. The molecule has 0 saturated carbocycles. The third kappa shape index (κ3) is 4.13. The largest absolute Gasteiger partial charge is 0.481 e. The molecule has 1 aliphatic heterocycles. The van der Waals surface area contributed by atoms with Crippen LogP contribution in [0.1, 0.15) is 34.2 Å². The van der Waals surface area contributed by atoms with Crippen molar-refractivity contribution >= 4 is 22.5 Å². The number of ether oxygens (including phenoxy) is 1. The van der Waals surface area contributed by atoms with E-state index in [0.29, 0.717) is 38.4 Å². The monoisotopic (exact) mass is 548 g/mol. The van der Waals surface area contributed by atoms with Crippen molar-refractivity contribution in [3.05, 3.63) is 69.8 Å². The predicted octanol–water partition coefficient (Wildman–Crippen LogP) is 4.26. The van der Waals surface area contributed by atoms with Crippen molar-refractivity contribution in [2.24, 2.45) is 20.0 Å². The zero-order valence-corrected chi connectivity index (χ0v) is 22.4. The topological polar surface area (TPSA) is 81.2 Å². The van der Waals surface area contributed by atoms with E-state index in [1.807, 2.05) is 37.1 Å². The summed E-state index contributed by atoms with van der Waals surface area (Å²) in [6.45, 7) is 3.63. The van der Waals surface area contributed by atoms with Crippen LogP contribution in [0.25, 0.3) is 10.9 Å². The first kappa shape index (κ1) is 26.5. The molecule has 12 heteroatoms. The Morgan fingerprint density at radius 3 is 2.11 bits per heavy atom. The average Bonchev–Trinajstić information content (AvgIpc) is 3.36. The third-order valence-electron chi connectivity index (χ3n) is 7.57. The van der Waals surface area contributed by atoms with Crippen LogP contribution in [-0.2, 0) is 26.2 Å². The van der Waals surface area contributed by atoms with E-state index in [9.17, 15) is 18.3 Å². The van der Waals surface area contributed by atoms with Crippen LogP contribution in [0.5, 0.6) is 5.88 Å². The highest BCUT2D eigenvalue weighted by atomic mass is 35.5. The maximum absolute atomic E-state index is 13.0. The number of rotatable bonds is 6. The molecule has 0 radical (unpaired) electrons. The highest BCUT2D eigenvalue weighted by molar-refractivity contribution is 6.36. The van der Waals surface area contributed by atoms with Crippen LogP contribution in [0.15, 0.2) is 30.6 Å². The van der Waals surface area contributed by atoms with Gasteiger partial charge in [-0.05, 0) is 31.5 Å². The van der Waals surface area contributed by atoms with Crippen LogP contribution in [0, 0.1) is 19.8 Å². The molecule has 0 unspecified atom stereocenters. The fraction of sp³-hybridized carbons (Fsp3) is 0.423. The lowest BCUT2D eigenvalue weighted by atomic mass is 9.86. The molecule has 3 aromatic heterocycles. The van der Waals surface area contributed by atoms with Gasteiger partial charge in [0.1, 0.15) is 11.6 Å². The first-order chi connectivity index (χ1) is 17.9. The second-order valence-electron chi connectivity index (χ2n) is 9.79. The summed E-state index contributed by atoms with van der Waals surface area (Å²) in [6.07, 6.45) is -0.968. The van der Waals surface area contributed by atoms with E-state index in [1.54, 1.807) is 35.5 Å². The molecule has 8 nitrogen and oxygen atoms in total. The van der Waals surface area contributed by atoms with Gasteiger partial charge in [0.25, 0.3) is 0 Å². The average molecular weight is 549 g/mol. The summed E-state index contributed by atoms with van der Waals surface area (Å²) in [7, 11) is 5.10. The molecular weight excluding hydrogens is 521 g/mol. The first-order valence-corrected chi connectivity index (χ1v) is 12.4. The summed E-state index contributed by atoms with van der Waals surface area (Å²) in [5.41, 5.74) is 0.970. The maximum Gasteiger partial charge on any atom is 0.394 e.